The summed E-state index contributed by atoms with van der Waals surface area (Å²) in [5.41, 5.74) is 5.84. The number of rotatable bonds is 5. The first kappa shape index (κ1) is 14.3. The summed E-state index contributed by atoms with van der Waals surface area (Å²) in [5, 5.41) is 19.0. The van der Waals surface area contributed by atoms with Crippen molar-refractivity contribution >= 4 is 17.3 Å². The molecule has 1 rings (SSSR count). The van der Waals surface area contributed by atoms with Crippen LogP contribution in [0.5, 0.6) is 0 Å². The third-order valence-corrected chi connectivity index (χ3v) is 2.55. The van der Waals surface area contributed by atoms with Gasteiger partial charge in [0.1, 0.15) is 0 Å². The molecule has 5 nitrogen and oxygen atoms in total. The fourth-order valence-electron chi connectivity index (χ4n) is 1.84. The van der Waals surface area contributed by atoms with Crippen molar-refractivity contribution in [3.63, 3.8) is 0 Å². The van der Waals surface area contributed by atoms with Gasteiger partial charge in [-0.2, -0.15) is 0 Å². The number of carboxylic acid groups (broad SMARTS) is 1. The smallest absolute Gasteiger partial charge is 0.337 e. The lowest BCUT2D eigenvalue weighted by atomic mass is 10.1. The molecule has 0 aliphatic rings. The minimum atomic E-state index is -1.02. The number of hydrogen-bond donors (Lipinski definition) is 3. The quantitative estimate of drug-likeness (QED) is 0.692. The molecule has 1 aromatic rings. The Hall–Kier alpha value is -1.75. The Bertz CT molecular complexity index is 438. The van der Waals surface area contributed by atoms with Crippen molar-refractivity contribution in [2.45, 2.75) is 26.4 Å². The summed E-state index contributed by atoms with van der Waals surface area (Å²) in [6.07, 6.45) is 0. The second-order valence-corrected chi connectivity index (χ2v) is 4.91. The highest BCUT2D eigenvalue weighted by Crippen LogP contribution is 2.24. The predicted molar refractivity (Wildman–Crippen MR) is 72.0 cm³/mol. The summed E-state index contributed by atoms with van der Waals surface area (Å²) in [6.45, 7) is 6.25. The van der Waals surface area contributed by atoms with E-state index in [1.807, 2.05) is 11.8 Å². The highest BCUT2D eigenvalue weighted by Gasteiger charge is 2.21. The monoisotopic (exact) mass is 252 g/mol. The Morgan fingerprint density at radius 3 is 2.50 bits per heavy atom. The van der Waals surface area contributed by atoms with Crippen molar-refractivity contribution in [3.8, 4) is 0 Å². The van der Waals surface area contributed by atoms with Crippen LogP contribution in [-0.4, -0.2) is 34.9 Å². The minimum Gasteiger partial charge on any atom is -0.478 e. The number of nitrogens with two attached hydrogens (primary N) is 1. The Labute approximate surface area is 107 Å². The molecule has 1 aromatic carbocycles. The molecular formula is C13H20N2O3. The Morgan fingerprint density at radius 2 is 2.06 bits per heavy atom. The number of carboxylic acids is 1. The summed E-state index contributed by atoms with van der Waals surface area (Å²) >= 11 is 0. The van der Waals surface area contributed by atoms with E-state index < -0.39 is 11.6 Å². The molecule has 0 atom stereocenters. The van der Waals surface area contributed by atoms with Gasteiger partial charge >= 0.3 is 5.97 Å². The number of benzene rings is 1. The molecule has 0 heterocycles. The van der Waals surface area contributed by atoms with Crippen LogP contribution in [0.4, 0.5) is 11.4 Å². The summed E-state index contributed by atoms with van der Waals surface area (Å²) < 4.78 is 0. The van der Waals surface area contributed by atoms with Crippen molar-refractivity contribution < 1.29 is 15.0 Å². The van der Waals surface area contributed by atoms with Crippen LogP contribution >= 0.6 is 0 Å². The fourth-order valence-corrected chi connectivity index (χ4v) is 1.84. The van der Waals surface area contributed by atoms with E-state index in [2.05, 4.69) is 0 Å². The van der Waals surface area contributed by atoms with Gasteiger partial charge < -0.3 is 20.8 Å². The average molecular weight is 252 g/mol. The van der Waals surface area contributed by atoms with Crippen LogP contribution < -0.4 is 10.6 Å². The lowest BCUT2D eigenvalue weighted by molar-refractivity contribution is 0.0694. The van der Waals surface area contributed by atoms with Gasteiger partial charge in [0.2, 0.25) is 0 Å². The third-order valence-electron chi connectivity index (χ3n) is 2.55. The van der Waals surface area contributed by atoms with Crippen molar-refractivity contribution in [2.75, 3.05) is 23.7 Å². The number of aliphatic hydroxyl groups is 1. The molecule has 0 radical (unpaired) electrons. The van der Waals surface area contributed by atoms with Crippen molar-refractivity contribution in [3.05, 3.63) is 23.8 Å². The number of anilines is 2. The number of likely N-dealkylation sites (N-methyl/N-ethyl adjacent to an activating group) is 1. The van der Waals surface area contributed by atoms with Crippen molar-refractivity contribution in [2.24, 2.45) is 0 Å². The largest absolute Gasteiger partial charge is 0.478 e. The lowest BCUT2D eigenvalue weighted by Crippen LogP contribution is -2.39. The van der Waals surface area contributed by atoms with E-state index in [9.17, 15) is 15.0 Å². The summed E-state index contributed by atoms with van der Waals surface area (Å²) in [7, 11) is 0. The van der Waals surface area contributed by atoms with Crippen LogP contribution in [0.25, 0.3) is 0 Å². The zero-order valence-electron chi connectivity index (χ0n) is 11.0. The number of hydrogen-bond acceptors (Lipinski definition) is 4. The van der Waals surface area contributed by atoms with E-state index in [-0.39, 0.29) is 5.56 Å². The van der Waals surface area contributed by atoms with Gasteiger partial charge in [0.15, 0.2) is 0 Å². The van der Waals surface area contributed by atoms with E-state index in [0.717, 1.165) is 0 Å². The third kappa shape index (κ3) is 3.63. The van der Waals surface area contributed by atoms with Crippen LogP contribution in [0.15, 0.2) is 18.2 Å². The van der Waals surface area contributed by atoms with Gasteiger partial charge in [0.05, 0.1) is 16.9 Å². The summed E-state index contributed by atoms with van der Waals surface area (Å²) in [6, 6.07) is 4.77. The van der Waals surface area contributed by atoms with Gasteiger partial charge in [-0.15, -0.1) is 0 Å². The molecule has 0 fully saturated rings. The first-order valence-electron chi connectivity index (χ1n) is 5.84. The zero-order chi connectivity index (χ0) is 13.9. The first-order valence-corrected chi connectivity index (χ1v) is 5.84. The Kier molecular flexibility index (Phi) is 4.19. The topological polar surface area (TPSA) is 86.8 Å². The fraction of sp³-hybridized carbons (Fsp3) is 0.462. The predicted octanol–water partition coefficient (Wildman–Crippen LogP) is 1.56. The van der Waals surface area contributed by atoms with Crippen molar-refractivity contribution in [1.29, 1.82) is 0 Å². The molecule has 0 bridgehead atoms. The summed E-state index contributed by atoms with van der Waals surface area (Å²) in [5.74, 6) is -1.02. The molecule has 4 N–H and O–H groups in total. The average Bonchev–Trinajstić information content (AvgIpc) is 2.24. The van der Waals surface area contributed by atoms with E-state index in [1.165, 1.54) is 6.07 Å². The molecule has 0 saturated heterocycles. The maximum Gasteiger partial charge on any atom is 0.337 e. The van der Waals surface area contributed by atoms with Crippen LogP contribution in [0.1, 0.15) is 31.1 Å². The van der Waals surface area contributed by atoms with Gasteiger partial charge in [-0.3, -0.25) is 0 Å². The molecule has 0 aliphatic carbocycles. The maximum atomic E-state index is 11.2. The highest BCUT2D eigenvalue weighted by molar-refractivity contribution is 5.95. The molecule has 0 aliphatic heterocycles. The molecule has 0 aromatic heterocycles. The van der Waals surface area contributed by atoms with Gasteiger partial charge in [-0.25, -0.2) is 4.79 Å². The van der Waals surface area contributed by atoms with E-state index in [4.69, 9.17) is 5.73 Å². The second-order valence-electron chi connectivity index (χ2n) is 4.91. The Balaban J connectivity index is 3.17. The van der Waals surface area contributed by atoms with Crippen LogP contribution in [-0.2, 0) is 0 Å². The van der Waals surface area contributed by atoms with Gasteiger partial charge in [-0.1, -0.05) is 0 Å². The van der Waals surface area contributed by atoms with Crippen LogP contribution in [0.2, 0.25) is 0 Å². The van der Waals surface area contributed by atoms with Gasteiger partial charge in [-0.05, 0) is 39.0 Å². The van der Waals surface area contributed by atoms with E-state index in [0.29, 0.717) is 24.5 Å². The van der Waals surface area contributed by atoms with E-state index >= 15 is 0 Å². The Morgan fingerprint density at radius 1 is 1.44 bits per heavy atom. The normalized spacial score (nSPS) is 11.3. The molecular weight excluding hydrogens is 232 g/mol. The maximum absolute atomic E-state index is 11.2. The van der Waals surface area contributed by atoms with Crippen LogP contribution in [0.3, 0.4) is 0 Å². The van der Waals surface area contributed by atoms with Gasteiger partial charge in [0, 0.05) is 18.8 Å². The molecule has 0 saturated carbocycles. The first-order chi connectivity index (χ1) is 8.24. The molecule has 0 spiro atoms. The number of aromatic carboxylic acids is 1. The van der Waals surface area contributed by atoms with Crippen molar-refractivity contribution in [1.82, 2.24) is 0 Å². The lowest BCUT2D eigenvalue weighted by Gasteiger charge is -2.30. The molecule has 18 heavy (non-hydrogen) atoms. The summed E-state index contributed by atoms with van der Waals surface area (Å²) in [4.78, 5) is 13.0. The van der Waals surface area contributed by atoms with Crippen LogP contribution in [0, 0.1) is 0 Å². The second kappa shape index (κ2) is 5.27. The molecule has 0 amide bonds. The molecule has 0 unspecified atom stereocenters. The highest BCUT2D eigenvalue weighted by atomic mass is 16.4. The SMILES string of the molecule is CCN(CC(C)(C)O)c1ccc(N)cc1C(=O)O. The molecule has 100 valence electrons. The van der Waals surface area contributed by atoms with E-state index in [1.54, 1.807) is 26.0 Å². The zero-order valence-corrected chi connectivity index (χ0v) is 11.0. The minimum absolute atomic E-state index is 0.154. The number of carbonyl (C=O) groups is 1. The van der Waals surface area contributed by atoms with Gasteiger partial charge in [0.25, 0.3) is 0 Å². The molecule has 5 heteroatoms. The number of nitrogens with zero attached hydrogens (tertiary/aromatic N) is 1. The standard InChI is InChI=1S/C13H20N2O3/c1-4-15(8-13(2,3)18)11-6-5-9(14)7-10(11)12(16)17/h5-7,18H,4,8,14H2,1-3H3,(H,16,17). The number of nitrogen functional groups attached to an aromatic ring is 1.